The zero-order valence-electron chi connectivity index (χ0n) is 8.58. The van der Waals surface area contributed by atoms with E-state index in [4.69, 9.17) is 9.62 Å². The lowest BCUT2D eigenvalue weighted by molar-refractivity contribution is 0.320. The number of benzene rings is 1. The summed E-state index contributed by atoms with van der Waals surface area (Å²) in [5, 5.41) is 12.2. The van der Waals surface area contributed by atoms with Crippen LogP contribution < -0.4 is 0 Å². The second-order valence-corrected chi connectivity index (χ2v) is 3.20. The summed E-state index contributed by atoms with van der Waals surface area (Å²) < 4.78 is 5.14. The molecule has 3 heteroatoms. The van der Waals surface area contributed by atoms with E-state index in [-0.39, 0.29) is 0 Å². The maximum Gasteiger partial charge on any atom is 0.126 e. The Labute approximate surface area is 93.3 Å². The van der Waals surface area contributed by atoms with E-state index in [1.807, 2.05) is 36.4 Å². The molecule has 0 saturated heterocycles. The monoisotopic (exact) mass is 213 g/mol. The Kier molecular flexibility index (Phi) is 3.18. The summed E-state index contributed by atoms with van der Waals surface area (Å²) in [7, 11) is 0. The first-order valence-electron chi connectivity index (χ1n) is 4.89. The molecule has 1 heterocycles. The van der Waals surface area contributed by atoms with E-state index >= 15 is 0 Å². The van der Waals surface area contributed by atoms with Gasteiger partial charge in [-0.25, -0.2) is 0 Å². The van der Waals surface area contributed by atoms with E-state index < -0.39 is 0 Å². The molecule has 1 N–H and O–H groups in total. The summed E-state index contributed by atoms with van der Waals surface area (Å²) in [5.41, 5.74) is 1.35. The number of oxime groups is 1. The van der Waals surface area contributed by atoms with Crippen molar-refractivity contribution in [2.45, 2.75) is 0 Å². The molecule has 0 spiro atoms. The first kappa shape index (κ1) is 10.2. The Bertz CT molecular complexity index is 484. The Hall–Kier alpha value is -2.29. The molecule has 0 bridgehead atoms. The van der Waals surface area contributed by atoms with Gasteiger partial charge in [0, 0.05) is 5.56 Å². The van der Waals surface area contributed by atoms with Gasteiger partial charge in [-0.3, -0.25) is 0 Å². The molecule has 80 valence electrons. The van der Waals surface area contributed by atoms with Crippen LogP contribution in [-0.2, 0) is 0 Å². The van der Waals surface area contributed by atoms with Crippen molar-refractivity contribution >= 4 is 11.8 Å². The Morgan fingerprint density at radius 2 is 1.94 bits per heavy atom. The summed E-state index contributed by atoms with van der Waals surface area (Å²) >= 11 is 0. The molecule has 2 aromatic rings. The van der Waals surface area contributed by atoms with E-state index in [1.165, 1.54) is 0 Å². The zero-order valence-corrected chi connectivity index (χ0v) is 8.58. The minimum absolute atomic E-state index is 0.497. The molecule has 0 aliphatic heterocycles. The second kappa shape index (κ2) is 4.98. The summed E-state index contributed by atoms with van der Waals surface area (Å²) in [5.74, 6) is 0.720. The molecule has 2 rings (SSSR count). The van der Waals surface area contributed by atoms with E-state index in [9.17, 15) is 0 Å². The third-order valence-corrected chi connectivity index (χ3v) is 2.13. The minimum atomic E-state index is 0.497. The summed E-state index contributed by atoms with van der Waals surface area (Å²) in [6.07, 6.45) is 5.05. The maximum atomic E-state index is 8.91. The van der Waals surface area contributed by atoms with Crippen LogP contribution in [0.1, 0.15) is 11.3 Å². The van der Waals surface area contributed by atoms with Crippen LogP contribution in [0.3, 0.4) is 0 Å². The predicted molar refractivity (Wildman–Crippen MR) is 62.5 cm³/mol. The average Bonchev–Trinajstić information content (AvgIpc) is 2.84. The van der Waals surface area contributed by atoms with Gasteiger partial charge in [-0.1, -0.05) is 35.5 Å². The van der Waals surface area contributed by atoms with Gasteiger partial charge >= 0.3 is 0 Å². The fourth-order valence-corrected chi connectivity index (χ4v) is 1.34. The lowest BCUT2D eigenvalue weighted by Crippen LogP contribution is -1.95. The molecular formula is C13H11NO2. The van der Waals surface area contributed by atoms with Crippen molar-refractivity contribution in [3.63, 3.8) is 0 Å². The molecule has 0 unspecified atom stereocenters. The van der Waals surface area contributed by atoms with Crippen LogP contribution >= 0.6 is 0 Å². The zero-order chi connectivity index (χ0) is 11.2. The van der Waals surface area contributed by atoms with Gasteiger partial charge in [-0.15, -0.1) is 0 Å². The molecule has 1 aromatic heterocycles. The van der Waals surface area contributed by atoms with Crippen molar-refractivity contribution in [1.82, 2.24) is 0 Å². The van der Waals surface area contributed by atoms with Crippen molar-refractivity contribution < 1.29 is 9.62 Å². The SMILES string of the molecule is O/N=C(\C=C\c1ccco1)c1ccccc1. The van der Waals surface area contributed by atoms with E-state index in [0.29, 0.717) is 5.71 Å². The highest BCUT2D eigenvalue weighted by Crippen LogP contribution is 2.06. The van der Waals surface area contributed by atoms with Gasteiger partial charge in [0.15, 0.2) is 0 Å². The number of furan rings is 1. The Balaban J connectivity index is 2.20. The fourth-order valence-electron chi connectivity index (χ4n) is 1.34. The van der Waals surface area contributed by atoms with Crippen molar-refractivity contribution in [1.29, 1.82) is 0 Å². The lowest BCUT2D eigenvalue weighted by atomic mass is 10.1. The largest absolute Gasteiger partial charge is 0.465 e. The third-order valence-electron chi connectivity index (χ3n) is 2.13. The number of nitrogens with zero attached hydrogens (tertiary/aromatic N) is 1. The molecule has 0 atom stereocenters. The number of rotatable bonds is 3. The number of allylic oxidation sites excluding steroid dienone is 1. The van der Waals surface area contributed by atoms with Gasteiger partial charge in [-0.05, 0) is 24.3 Å². The van der Waals surface area contributed by atoms with E-state index in [1.54, 1.807) is 24.5 Å². The molecule has 0 aliphatic carbocycles. The molecular weight excluding hydrogens is 202 g/mol. The van der Waals surface area contributed by atoms with Crippen LogP contribution in [0.2, 0.25) is 0 Å². The van der Waals surface area contributed by atoms with Crippen molar-refractivity contribution in [3.05, 3.63) is 66.1 Å². The summed E-state index contributed by atoms with van der Waals surface area (Å²) in [6.45, 7) is 0. The molecule has 0 amide bonds. The van der Waals surface area contributed by atoms with Crippen LogP contribution in [0.15, 0.2) is 64.4 Å². The normalized spacial score (nSPS) is 12.1. The first-order valence-corrected chi connectivity index (χ1v) is 4.89. The van der Waals surface area contributed by atoms with Crippen molar-refractivity contribution in [3.8, 4) is 0 Å². The number of hydrogen-bond acceptors (Lipinski definition) is 3. The average molecular weight is 213 g/mol. The van der Waals surface area contributed by atoms with Crippen LogP contribution in [-0.4, -0.2) is 10.9 Å². The van der Waals surface area contributed by atoms with Crippen LogP contribution in [0.4, 0.5) is 0 Å². The summed E-state index contributed by atoms with van der Waals surface area (Å²) in [6, 6.07) is 13.1. The van der Waals surface area contributed by atoms with Crippen LogP contribution in [0.5, 0.6) is 0 Å². The van der Waals surface area contributed by atoms with Gasteiger partial charge < -0.3 is 9.62 Å². The van der Waals surface area contributed by atoms with E-state index in [0.717, 1.165) is 11.3 Å². The standard InChI is InChI=1S/C13H11NO2/c15-14-13(11-5-2-1-3-6-11)9-8-12-7-4-10-16-12/h1-10,15H/b9-8+,14-13+. The van der Waals surface area contributed by atoms with Gasteiger partial charge in [0.2, 0.25) is 0 Å². The predicted octanol–water partition coefficient (Wildman–Crippen LogP) is 3.17. The van der Waals surface area contributed by atoms with Gasteiger partial charge in [-0.2, -0.15) is 0 Å². The van der Waals surface area contributed by atoms with Gasteiger partial charge in [0.1, 0.15) is 11.5 Å². The molecule has 0 fully saturated rings. The quantitative estimate of drug-likeness (QED) is 0.483. The Morgan fingerprint density at radius 1 is 1.12 bits per heavy atom. The highest BCUT2D eigenvalue weighted by Gasteiger charge is 1.98. The minimum Gasteiger partial charge on any atom is -0.465 e. The van der Waals surface area contributed by atoms with E-state index in [2.05, 4.69) is 5.16 Å². The molecule has 3 nitrogen and oxygen atoms in total. The van der Waals surface area contributed by atoms with Crippen molar-refractivity contribution in [2.75, 3.05) is 0 Å². The molecule has 0 saturated carbocycles. The second-order valence-electron chi connectivity index (χ2n) is 3.20. The molecule has 16 heavy (non-hydrogen) atoms. The third kappa shape index (κ3) is 2.39. The number of hydrogen-bond donors (Lipinski definition) is 1. The Morgan fingerprint density at radius 3 is 2.56 bits per heavy atom. The van der Waals surface area contributed by atoms with Crippen molar-refractivity contribution in [2.24, 2.45) is 5.16 Å². The lowest BCUT2D eigenvalue weighted by Gasteiger charge is -1.97. The van der Waals surface area contributed by atoms with Crippen LogP contribution in [0, 0.1) is 0 Å². The molecule has 1 aromatic carbocycles. The van der Waals surface area contributed by atoms with Gasteiger partial charge in [0.25, 0.3) is 0 Å². The fraction of sp³-hybridized carbons (Fsp3) is 0. The maximum absolute atomic E-state index is 8.91. The highest BCUT2D eigenvalue weighted by atomic mass is 16.4. The topological polar surface area (TPSA) is 45.7 Å². The van der Waals surface area contributed by atoms with Crippen LogP contribution in [0.25, 0.3) is 6.08 Å². The first-order chi connectivity index (χ1) is 7.90. The molecule has 0 radical (unpaired) electrons. The smallest absolute Gasteiger partial charge is 0.126 e. The van der Waals surface area contributed by atoms with Gasteiger partial charge in [0.05, 0.1) is 6.26 Å². The highest BCUT2D eigenvalue weighted by molar-refractivity contribution is 6.10. The molecule has 0 aliphatic rings. The summed E-state index contributed by atoms with van der Waals surface area (Å²) in [4.78, 5) is 0.